The fourth-order valence-corrected chi connectivity index (χ4v) is 1.93. The minimum atomic E-state index is -1.62. The van der Waals surface area contributed by atoms with Crippen LogP contribution in [0.3, 0.4) is 0 Å². The summed E-state index contributed by atoms with van der Waals surface area (Å²) in [5, 5.41) is 0. The molecule has 0 saturated heterocycles. The van der Waals surface area contributed by atoms with E-state index < -0.39 is 23.4 Å². The van der Waals surface area contributed by atoms with Crippen molar-refractivity contribution in [3.8, 4) is 5.75 Å². The van der Waals surface area contributed by atoms with Crippen LogP contribution in [-0.2, 0) is 4.79 Å². The van der Waals surface area contributed by atoms with Crippen molar-refractivity contribution in [1.82, 2.24) is 4.90 Å². The predicted octanol–water partition coefficient (Wildman–Crippen LogP) is 3.76. The maximum atomic E-state index is 13.9. The minimum absolute atomic E-state index is 0.284. The summed E-state index contributed by atoms with van der Waals surface area (Å²) in [4.78, 5) is 12.7. The zero-order chi connectivity index (χ0) is 15.6. The zero-order valence-electron chi connectivity index (χ0n) is 11.4. The van der Waals surface area contributed by atoms with Crippen molar-refractivity contribution in [1.29, 1.82) is 0 Å². The van der Waals surface area contributed by atoms with Gasteiger partial charge in [-0.2, -0.15) is 4.39 Å². The van der Waals surface area contributed by atoms with Crippen molar-refractivity contribution < 1.29 is 22.7 Å². The summed E-state index contributed by atoms with van der Waals surface area (Å²) < 4.78 is 45.3. The van der Waals surface area contributed by atoms with E-state index >= 15 is 0 Å². The van der Waals surface area contributed by atoms with Crippen molar-refractivity contribution in [3.63, 3.8) is 0 Å². The molecule has 1 radical (unpaired) electrons. The Morgan fingerprint density at radius 2 is 1.81 bits per heavy atom. The first-order chi connectivity index (χ1) is 9.95. The molecule has 0 aliphatic rings. The Balaban J connectivity index is 2.59. The van der Waals surface area contributed by atoms with E-state index in [2.05, 4.69) is 0 Å². The Labute approximate surface area is 119 Å². The van der Waals surface area contributed by atoms with Crippen molar-refractivity contribution in [2.75, 3.05) is 7.11 Å². The summed E-state index contributed by atoms with van der Waals surface area (Å²) in [6.45, 7) is 1.19. The SMILES string of the molecule is COc1cccc([N+](C(C)=O)c2ccc(F)c(F)c2F)c1. The lowest BCUT2D eigenvalue weighted by atomic mass is 10.2. The molecule has 0 atom stereocenters. The molecule has 2 aromatic rings. The smallest absolute Gasteiger partial charge is 0.369 e. The second-order valence-corrected chi connectivity index (χ2v) is 4.25. The molecule has 0 heterocycles. The third-order valence-corrected chi connectivity index (χ3v) is 2.88. The van der Waals surface area contributed by atoms with E-state index in [9.17, 15) is 18.0 Å². The molecule has 1 amide bonds. The van der Waals surface area contributed by atoms with E-state index in [1.807, 2.05) is 0 Å². The molecule has 0 spiro atoms. The number of carbonyl (C=O) groups excluding carboxylic acids is 1. The molecule has 3 nitrogen and oxygen atoms in total. The van der Waals surface area contributed by atoms with Crippen LogP contribution in [0.2, 0.25) is 0 Å². The standard InChI is InChI=1S/C15H12F3NO2/c1-9(20)19(10-4-3-5-11(8-10)21-2)13-7-6-12(16)14(17)15(13)18/h3-8H,1-2H3/q+1. The van der Waals surface area contributed by atoms with Gasteiger partial charge in [-0.05, 0) is 17.0 Å². The highest BCUT2D eigenvalue weighted by Gasteiger charge is 2.34. The van der Waals surface area contributed by atoms with Crippen molar-refractivity contribution >= 4 is 17.3 Å². The van der Waals surface area contributed by atoms with Gasteiger partial charge in [-0.15, -0.1) is 0 Å². The third kappa shape index (κ3) is 2.90. The van der Waals surface area contributed by atoms with Gasteiger partial charge in [0.2, 0.25) is 17.3 Å². The lowest BCUT2D eigenvalue weighted by Crippen LogP contribution is -2.25. The van der Waals surface area contributed by atoms with E-state index in [4.69, 9.17) is 4.74 Å². The van der Waals surface area contributed by atoms with Gasteiger partial charge in [-0.25, -0.2) is 13.6 Å². The number of anilines is 2. The van der Waals surface area contributed by atoms with Gasteiger partial charge in [0.1, 0.15) is 5.75 Å². The van der Waals surface area contributed by atoms with Gasteiger partial charge in [0.05, 0.1) is 14.0 Å². The molecule has 109 valence electrons. The summed E-state index contributed by atoms with van der Waals surface area (Å²) in [7, 11) is 1.44. The molecular formula is C15H12F3NO2+. The molecule has 0 unspecified atom stereocenters. The molecule has 0 saturated carbocycles. The summed E-state index contributed by atoms with van der Waals surface area (Å²) >= 11 is 0. The average Bonchev–Trinajstić information content (AvgIpc) is 2.47. The van der Waals surface area contributed by atoms with Gasteiger partial charge >= 0.3 is 5.91 Å². The lowest BCUT2D eigenvalue weighted by molar-refractivity contribution is -0.120. The van der Waals surface area contributed by atoms with Gasteiger partial charge in [0.15, 0.2) is 11.5 Å². The average molecular weight is 295 g/mol. The number of methoxy groups -OCH3 is 1. The quantitative estimate of drug-likeness (QED) is 0.638. The summed E-state index contributed by atoms with van der Waals surface area (Å²) in [6, 6.07) is 8.04. The normalized spacial score (nSPS) is 10.8. The Morgan fingerprint density at radius 3 is 2.43 bits per heavy atom. The number of hydrogen-bond donors (Lipinski definition) is 0. The Morgan fingerprint density at radius 1 is 1.10 bits per heavy atom. The largest absolute Gasteiger partial charge is 0.497 e. The molecule has 0 fully saturated rings. The fourth-order valence-electron chi connectivity index (χ4n) is 1.93. The van der Waals surface area contributed by atoms with Gasteiger partial charge in [0.25, 0.3) is 0 Å². The van der Waals surface area contributed by atoms with E-state index in [0.29, 0.717) is 5.75 Å². The van der Waals surface area contributed by atoms with E-state index in [1.54, 1.807) is 12.1 Å². The van der Waals surface area contributed by atoms with Crippen molar-refractivity contribution in [3.05, 3.63) is 53.8 Å². The van der Waals surface area contributed by atoms with Crippen LogP contribution in [0, 0.1) is 17.5 Å². The van der Waals surface area contributed by atoms with Crippen molar-refractivity contribution in [2.24, 2.45) is 0 Å². The topological polar surface area (TPSA) is 32.2 Å². The highest BCUT2D eigenvalue weighted by atomic mass is 19.2. The molecule has 0 bridgehead atoms. The molecule has 6 heteroatoms. The van der Waals surface area contributed by atoms with Crippen LogP contribution in [0.1, 0.15) is 6.92 Å². The first-order valence-corrected chi connectivity index (χ1v) is 6.04. The zero-order valence-corrected chi connectivity index (χ0v) is 11.4. The Bertz CT molecular complexity index is 689. The van der Waals surface area contributed by atoms with Crippen LogP contribution in [0.4, 0.5) is 24.5 Å². The first kappa shape index (κ1) is 15.1. The molecule has 2 rings (SSSR count). The van der Waals surface area contributed by atoms with Crippen LogP contribution >= 0.6 is 0 Å². The number of carbonyl (C=O) groups is 1. The summed E-state index contributed by atoms with van der Waals surface area (Å²) in [5.41, 5.74) is -0.0820. The minimum Gasteiger partial charge on any atom is -0.497 e. The van der Waals surface area contributed by atoms with Crippen LogP contribution in [0.15, 0.2) is 36.4 Å². The number of ether oxygens (including phenoxy) is 1. The molecule has 0 N–H and O–H groups in total. The second-order valence-electron chi connectivity index (χ2n) is 4.25. The molecule has 0 aliphatic heterocycles. The summed E-state index contributed by atoms with van der Waals surface area (Å²) in [6.07, 6.45) is 0. The number of amides is 1. The molecular weight excluding hydrogens is 283 g/mol. The Hall–Kier alpha value is -2.34. The number of nitrogens with zero attached hydrogens (tertiary/aromatic N) is 1. The summed E-state index contributed by atoms with van der Waals surface area (Å²) in [5.74, 6) is -4.46. The van der Waals surface area contributed by atoms with E-state index in [-0.39, 0.29) is 11.4 Å². The maximum Gasteiger partial charge on any atom is 0.369 e. The number of halogens is 3. The van der Waals surface area contributed by atoms with E-state index in [0.717, 1.165) is 17.0 Å². The van der Waals surface area contributed by atoms with E-state index in [1.165, 1.54) is 26.2 Å². The van der Waals surface area contributed by atoms with Crippen LogP contribution in [0.25, 0.3) is 0 Å². The second kappa shape index (κ2) is 5.97. The monoisotopic (exact) mass is 295 g/mol. The van der Waals surface area contributed by atoms with Gasteiger partial charge in [0, 0.05) is 18.2 Å². The highest BCUT2D eigenvalue weighted by Crippen LogP contribution is 2.31. The van der Waals surface area contributed by atoms with Crippen LogP contribution < -0.4 is 9.64 Å². The number of benzene rings is 2. The van der Waals surface area contributed by atoms with Crippen LogP contribution in [0.5, 0.6) is 5.75 Å². The number of hydrogen-bond acceptors (Lipinski definition) is 2. The molecule has 0 aliphatic carbocycles. The molecule has 0 aromatic heterocycles. The predicted molar refractivity (Wildman–Crippen MR) is 71.4 cm³/mol. The highest BCUT2D eigenvalue weighted by molar-refractivity contribution is 5.88. The lowest BCUT2D eigenvalue weighted by Gasteiger charge is -2.09. The maximum absolute atomic E-state index is 13.9. The molecule has 21 heavy (non-hydrogen) atoms. The number of rotatable bonds is 3. The molecule has 2 aromatic carbocycles. The van der Waals surface area contributed by atoms with Crippen molar-refractivity contribution in [2.45, 2.75) is 6.92 Å². The van der Waals surface area contributed by atoms with Gasteiger partial charge < -0.3 is 4.74 Å². The Kier molecular flexibility index (Phi) is 4.28. The van der Waals surface area contributed by atoms with Gasteiger partial charge in [-0.3, -0.25) is 0 Å². The van der Waals surface area contributed by atoms with Crippen LogP contribution in [-0.4, -0.2) is 13.0 Å². The van der Waals surface area contributed by atoms with Gasteiger partial charge in [-0.1, -0.05) is 6.07 Å². The first-order valence-electron chi connectivity index (χ1n) is 6.04. The fraction of sp³-hybridized carbons (Fsp3) is 0.133. The third-order valence-electron chi connectivity index (χ3n) is 2.88.